The molecule has 2 fully saturated rings. The minimum atomic E-state index is -0.480. The van der Waals surface area contributed by atoms with Gasteiger partial charge in [0.05, 0.1) is 5.56 Å². The van der Waals surface area contributed by atoms with Gasteiger partial charge in [-0.3, -0.25) is 9.59 Å². The lowest BCUT2D eigenvalue weighted by molar-refractivity contribution is -0.132. The minimum absolute atomic E-state index is 0. The Bertz CT molecular complexity index is 623. The summed E-state index contributed by atoms with van der Waals surface area (Å²) in [6.07, 6.45) is 5.42. The van der Waals surface area contributed by atoms with Gasteiger partial charge in [-0.2, -0.15) is 0 Å². The molecular weight excluding hydrogens is 377 g/mol. The molecule has 0 aromatic carbocycles. The summed E-state index contributed by atoms with van der Waals surface area (Å²) in [5.41, 5.74) is 11.9. The third kappa shape index (κ3) is 4.99. The van der Waals surface area contributed by atoms with Crippen molar-refractivity contribution in [1.82, 2.24) is 9.88 Å². The maximum Gasteiger partial charge on any atom is 0.252 e. The number of halogens is 2. The van der Waals surface area contributed by atoms with Crippen LogP contribution in [0.4, 0.5) is 5.82 Å². The van der Waals surface area contributed by atoms with E-state index in [0.29, 0.717) is 49.9 Å². The highest BCUT2D eigenvalue weighted by Crippen LogP contribution is 2.27. The first-order valence-electron chi connectivity index (χ1n) is 8.59. The number of amides is 2. The van der Waals surface area contributed by atoms with Crippen LogP contribution in [-0.2, 0) is 4.79 Å². The van der Waals surface area contributed by atoms with Crippen LogP contribution in [0, 0.1) is 5.92 Å². The second-order valence-electron chi connectivity index (χ2n) is 6.67. The first kappa shape index (κ1) is 22.5. The molecule has 1 saturated carbocycles. The van der Waals surface area contributed by atoms with Crippen LogP contribution in [-0.4, -0.2) is 53.9 Å². The number of nitrogens with zero attached hydrogens (tertiary/aromatic N) is 3. The largest absolute Gasteiger partial charge is 0.365 e. The van der Waals surface area contributed by atoms with Crippen molar-refractivity contribution in [2.75, 3.05) is 31.1 Å². The van der Waals surface area contributed by atoms with Crippen LogP contribution in [0.2, 0.25) is 0 Å². The zero-order valence-corrected chi connectivity index (χ0v) is 16.3. The molecule has 0 spiro atoms. The van der Waals surface area contributed by atoms with Gasteiger partial charge in [0.15, 0.2) is 0 Å². The molecule has 0 radical (unpaired) electrons. The molecule has 1 aliphatic heterocycles. The van der Waals surface area contributed by atoms with Gasteiger partial charge in [0.25, 0.3) is 5.91 Å². The lowest BCUT2D eigenvalue weighted by Gasteiger charge is -2.36. The summed E-state index contributed by atoms with van der Waals surface area (Å²) in [7, 11) is 0. The van der Waals surface area contributed by atoms with Gasteiger partial charge in [-0.1, -0.05) is 6.42 Å². The molecule has 1 aromatic rings. The number of hydrogen-bond donors (Lipinski definition) is 2. The molecule has 2 amide bonds. The van der Waals surface area contributed by atoms with Gasteiger partial charge < -0.3 is 21.3 Å². The van der Waals surface area contributed by atoms with Gasteiger partial charge in [-0.15, -0.1) is 24.8 Å². The molecule has 1 aliphatic carbocycles. The summed E-state index contributed by atoms with van der Waals surface area (Å²) < 4.78 is 0. The fraction of sp³-hybridized carbons (Fsp3) is 0.588. The maximum absolute atomic E-state index is 12.5. The summed E-state index contributed by atoms with van der Waals surface area (Å²) in [5, 5.41) is 0. The van der Waals surface area contributed by atoms with E-state index in [2.05, 4.69) is 4.98 Å². The summed E-state index contributed by atoms with van der Waals surface area (Å²) in [5.74, 6) is 0.641. The normalized spacial score (nSPS) is 22.3. The average molecular weight is 404 g/mol. The molecule has 0 bridgehead atoms. The van der Waals surface area contributed by atoms with Gasteiger partial charge >= 0.3 is 0 Å². The average Bonchev–Trinajstić information content (AvgIpc) is 3.00. The van der Waals surface area contributed by atoms with Crippen LogP contribution in [0.3, 0.4) is 0 Å². The molecule has 1 aromatic heterocycles. The molecule has 146 valence electrons. The van der Waals surface area contributed by atoms with Crippen LogP contribution in [0.5, 0.6) is 0 Å². The van der Waals surface area contributed by atoms with E-state index in [4.69, 9.17) is 11.5 Å². The number of rotatable bonds is 4. The Morgan fingerprint density at radius 1 is 1.15 bits per heavy atom. The predicted molar refractivity (Wildman–Crippen MR) is 106 cm³/mol. The molecule has 2 heterocycles. The Morgan fingerprint density at radius 2 is 1.85 bits per heavy atom. The van der Waals surface area contributed by atoms with Crippen molar-refractivity contribution in [2.24, 2.45) is 17.4 Å². The van der Waals surface area contributed by atoms with Gasteiger partial charge in [0.2, 0.25) is 5.91 Å². The zero-order valence-electron chi connectivity index (χ0n) is 14.7. The predicted octanol–water partition coefficient (Wildman–Crippen LogP) is 1.19. The highest BCUT2D eigenvalue weighted by Gasteiger charge is 2.30. The molecule has 4 N–H and O–H groups in total. The number of carbonyl (C=O) groups is 2. The van der Waals surface area contributed by atoms with Gasteiger partial charge in [0.1, 0.15) is 5.82 Å². The number of pyridine rings is 1. The van der Waals surface area contributed by atoms with E-state index in [0.717, 1.165) is 19.3 Å². The molecule has 1 saturated heterocycles. The van der Waals surface area contributed by atoms with Crippen molar-refractivity contribution in [2.45, 2.75) is 31.7 Å². The number of carbonyl (C=O) groups excluding carboxylic acids is 2. The van der Waals surface area contributed by atoms with E-state index in [9.17, 15) is 9.59 Å². The second-order valence-corrected chi connectivity index (χ2v) is 6.67. The standard InChI is InChI=1S/C17H25N5O2.2ClH/c18-14-5-1-3-12(14)11-15(23)21-7-9-22(10-8-21)17-13(16(19)24)4-2-6-20-17;;/h2,4,6,12,14H,1,3,5,7-11,18H2,(H2,19,24);2*1H/t12-,14+;;/m0../s1. The third-order valence-corrected chi connectivity index (χ3v) is 5.14. The summed E-state index contributed by atoms with van der Waals surface area (Å²) >= 11 is 0. The maximum atomic E-state index is 12.5. The van der Waals surface area contributed by atoms with Crippen LogP contribution in [0.15, 0.2) is 18.3 Å². The Labute approximate surface area is 166 Å². The van der Waals surface area contributed by atoms with E-state index in [-0.39, 0.29) is 36.8 Å². The second kappa shape index (κ2) is 9.94. The van der Waals surface area contributed by atoms with Gasteiger partial charge in [-0.25, -0.2) is 4.98 Å². The Hall–Kier alpha value is -1.57. The Balaban J connectivity index is 0.00000169. The van der Waals surface area contributed by atoms with E-state index in [1.165, 1.54) is 0 Å². The van der Waals surface area contributed by atoms with Crippen LogP contribution < -0.4 is 16.4 Å². The van der Waals surface area contributed by atoms with Crippen molar-refractivity contribution in [1.29, 1.82) is 0 Å². The minimum Gasteiger partial charge on any atom is -0.365 e. The quantitative estimate of drug-likeness (QED) is 0.784. The molecule has 9 heteroatoms. The van der Waals surface area contributed by atoms with Crippen molar-refractivity contribution in [3.63, 3.8) is 0 Å². The highest BCUT2D eigenvalue weighted by molar-refractivity contribution is 5.97. The van der Waals surface area contributed by atoms with Crippen molar-refractivity contribution in [3.05, 3.63) is 23.9 Å². The number of nitrogens with two attached hydrogens (primary N) is 2. The fourth-order valence-corrected chi connectivity index (χ4v) is 3.68. The van der Waals surface area contributed by atoms with E-state index in [1.807, 2.05) is 9.80 Å². The molecule has 3 rings (SSSR count). The number of primary amides is 1. The third-order valence-electron chi connectivity index (χ3n) is 5.14. The number of piperazine rings is 1. The first-order chi connectivity index (χ1) is 11.6. The van der Waals surface area contributed by atoms with Crippen LogP contribution in [0.25, 0.3) is 0 Å². The number of hydrogen-bond acceptors (Lipinski definition) is 5. The van der Waals surface area contributed by atoms with Crippen LogP contribution >= 0.6 is 24.8 Å². The number of anilines is 1. The first-order valence-corrected chi connectivity index (χ1v) is 8.59. The van der Waals surface area contributed by atoms with Crippen molar-refractivity contribution < 1.29 is 9.59 Å². The van der Waals surface area contributed by atoms with Crippen molar-refractivity contribution in [3.8, 4) is 0 Å². The smallest absolute Gasteiger partial charge is 0.252 e. The van der Waals surface area contributed by atoms with Crippen molar-refractivity contribution >= 4 is 42.4 Å². The highest BCUT2D eigenvalue weighted by atomic mass is 35.5. The van der Waals surface area contributed by atoms with E-state index in [1.54, 1.807) is 18.3 Å². The fourth-order valence-electron chi connectivity index (χ4n) is 3.68. The zero-order chi connectivity index (χ0) is 17.1. The lowest BCUT2D eigenvalue weighted by atomic mass is 9.99. The molecule has 2 aliphatic rings. The van der Waals surface area contributed by atoms with E-state index < -0.39 is 5.91 Å². The molecule has 2 atom stereocenters. The van der Waals surface area contributed by atoms with Crippen LogP contribution in [0.1, 0.15) is 36.0 Å². The Morgan fingerprint density at radius 3 is 2.42 bits per heavy atom. The summed E-state index contributed by atoms with van der Waals surface area (Å²) in [6.45, 7) is 2.57. The van der Waals surface area contributed by atoms with Gasteiger partial charge in [0, 0.05) is 44.8 Å². The topological polar surface area (TPSA) is 106 Å². The molecule has 7 nitrogen and oxygen atoms in total. The van der Waals surface area contributed by atoms with Gasteiger partial charge in [-0.05, 0) is 30.9 Å². The molecule has 26 heavy (non-hydrogen) atoms. The lowest BCUT2D eigenvalue weighted by Crippen LogP contribution is -2.50. The SMILES string of the molecule is Cl.Cl.NC(=O)c1cccnc1N1CCN(C(=O)C[C@@H]2CCC[C@H]2N)CC1. The summed E-state index contributed by atoms with van der Waals surface area (Å²) in [4.78, 5) is 32.2. The summed E-state index contributed by atoms with van der Waals surface area (Å²) in [6, 6.07) is 3.56. The monoisotopic (exact) mass is 403 g/mol. The van der Waals surface area contributed by atoms with E-state index >= 15 is 0 Å². The Kier molecular flexibility index (Phi) is 8.59. The number of aromatic nitrogens is 1. The molecular formula is C17H27Cl2N5O2. The molecule has 0 unspecified atom stereocenters.